The molecule has 1 aromatic heterocycles. The fraction of sp³-hybridized carbons (Fsp3) is 0.300. The number of hydrogen-bond donors (Lipinski definition) is 1. The molecule has 0 bridgehead atoms. The van der Waals surface area contributed by atoms with Gasteiger partial charge in [0.2, 0.25) is 5.91 Å². The lowest BCUT2D eigenvalue weighted by Gasteiger charge is -2.17. The predicted octanol–water partition coefficient (Wildman–Crippen LogP) is 4.54. The maximum Gasteiger partial charge on any atom is 0.331 e. The molecule has 0 saturated heterocycles. The van der Waals surface area contributed by atoms with Crippen LogP contribution in [-0.2, 0) is 24.4 Å². The Bertz CT molecular complexity index is 1510. The molecule has 0 radical (unpaired) electrons. The smallest absolute Gasteiger partial charge is 0.331 e. The maximum atomic E-state index is 13.5. The van der Waals surface area contributed by atoms with Crippen molar-refractivity contribution in [3.63, 3.8) is 0 Å². The van der Waals surface area contributed by atoms with Crippen molar-refractivity contribution in [3.8, 4) is 0 Å². The Kier molecular flexibility index (Phi) is 7.53. The summed E-state index contributed by atoms with van der Waals surface area (Å²) in [4.78, 5) is 39.1. The molecule has 1 amide bonds. The number of nitrogens with zero attached hydrogens (tertiary/aromatic N) is 2. The molecule has 0 aliphatic carbocycles. The van der Waals surface area contributed by atoms with Crippen LogP contribution in [-0.4, -0.2) is 15.0 Å². The van der Waals surface area contributed by atoms with Crippen LogP contribution in [0.5, 0.6) is 0 Å². The molecule has 6 nitrogen and oxygen atoms in total. The number of hydrogen-bond acceptors (Lipinski definition) is 3. The van der Waals surface area contributed by atoms with Gasteiger partial charge in [0.25, 0.3) is 5.56 Å². The van der Waals surface area contributed by atoms with Crippen molar-refractivity contribution in [3.05, 3.63) is 115 Å². The van der Waals surface area contributed by atoms with Gasteiger partial charge in [0.1, 0.15) is 0 Å². The summed E-state index contributed by atoms with van der Waals surface area (Å²) in [5.41, 5.74) is 6.65. The first kappa shape index (κ1) is 25.2. The highest BCUT2D eigenvalue weighted by atomic mass is 16.2. The van der Waals surface area contributed by atoms with Crippen molar-refractivity contribution in [2.45, 2.75) is 60.2 Å². The van der Waals surface area contributed by atoms with Crippen molar-refractivity contribution in [1.82, 2.24) is 14.5 Å². The first-order chi connectivity index (χ1) is 17.2. The number of fused-ring (bicyclic) bond motifs is 1. The number of rotatable bonds is 8. The van der Waals surface area contributed by atoms with Crippen LogP contribution >= 0.6 is 0 Å². The van der Waals surface area contributed by atoms with E-state index in [1.165, 1.54) is 15.7 Å². The highest BCUT2D eigenvalue weighted by molar-refractivity contribution is 5.78. The van der Waals surface area contributed by atoms with E-state index in [1.807, 2.05) is 63.2 Å². The lowest BCUT2D eigenvalue weighted by Crippen LogP contribution is -2.40. The van der Waals surface area contributed by atoms with Crippen LogP contribution in [0.1, 0.15) is 46.2 Å². The molecule has 0 atom stereocenters. The Morgan fingerprint density at radius 1 is 0.833 bits per heavy atom. The molecule has 36 heavy (non-hydrogen) atoms. The van der Waals surface area contributed by atoms with E-state index in [0.29, 0.717) is 30.4 Å². The molecular weight excluding hydrogens is 450 g/mol. The minimum atomic E-state index is -0.349. The molecule has 4 aromatic rings. The maximum absolute atomic E-state index is 13.5. The summed E-state index contributed by atoms with van der Waals surface area (Å²) < 4.78 is 2.95. The minimum absolute atomic E-state index is 0.101. The number of aryl methyl sites for hydroxylation is 4. The fourth-order valence-corrected chi connectivity index (χ4v) is 4.73. The highest BCUT2D eigenvalue weighted by Gasteiger charge is 2.15. The van der Waals surface area contributed by atoms with Crippen LogP contribution in [0.4, 0.5) is 0 Å². The Balaban J connectivity index is 1.55. The third kappa shape index (κ3) is 5.48. The Morgan fingerprint density at radius 2 is 1.50 bits per heavy atom. The van der Waals surface area contributed by atoms with Gasteiger partial charge >= 0.3 is 5.69 Å². The number of carbonyl (C=O) groups is 1. The van der Waals surface area contributed by atoms with E-state index in [4.69, 9.17) is 0 Å². The molecular formula is C30H33N3O3. The van der Waals surface area contributed by atoms with Crippen molar-refractivity contribution >= 4 is 16.8 Å². The zero-order valence-electron chi connectivity index (χ0n) is 21.4. The van der Waals surface area contributed by atoms with Gasteiger partial charge in [-0.3, -0.25) is 18.7 Å². The second-order valence-electron chi connectivity index (χ2n) is 9.59. The van der Waals surface area contributed by atoms with E-state index in [2.05, 4.69) is 24.4 Å². The van der Waals surface area contributed by atoms with Crippen molar-refractivity contribution < 1.29 is 4.79 Å². The SMILES string of the molecule is Cc1ccc(CNC(=O)CCCn2c(=O)c3ccccc3n(Cc3c(C)cc(C)cc3C)c2=O)cc1. The third-order valence-electron chi connectivity index (χ3n) is 6.68. The fourth-order valence-electron chi connectivity index (χ4n) is 4.73. The van der Waals surface area contributed by atoms with Crippen LogP contribution in [0.25, 0.3) is 10.9 Å². The third-order valence-corrected chi connectivity index (χ3v) is 6.68. The van der Waals surface area contributed by atoms with Crippen molar-refractivity contribution in [2.75, 3.05) is 0 Å². The number of para-hydroxylation sites is 1. The Hall–Kier alpha value is -3.93. The monoisotopic (exact) mass is 483 g/mol. The summed E-state index contributed by atoms with van der Waals surface area (Å²) in [6.45, 7) is 9.20. The van der Waals surface area contributed by atoms with E-state index in [0.717, 1.165) is 22.3 Å². The quantitative estimate of drug-likeness (QED) is 0.400. The van der Waals surface area contributed by atoms with Crippen LogP contribution in [0.2, 0.25) is 0 Å². The van der Waals surface area contributed by atoms with Gasteiger partial charge in [-0.1, -0.05) is 59.7 Å². The Labute approximate surface area is 211 Å². The lowest BCUT2D eigenvalue weighted by atomic mass is 9.99. The second kappa shape index (κ2) is 10.8. The zero-order chi connectivity index (χ0) is 25.8. The van der Waals surface area contributed by atoms with Crippen molar-refractivity contribution in [2.24, 2.45) is 0 Å². The average Bonchev–Trinajstić information content (AvgIpc) is 2.84. The molecule has 0 unspecified atom stereocenters. The molecule has 0 fully saturated rings. The molecule has 0 aliphatic heterocycles. The standard InChI is InChI=1S/C30H33N3O3/c1-20-11-13-24(14-12-20)18-31-28(34)10-7-15-32-29(35)25-8-5-6-9-27(25)33(30(32)36)19-26-22(3)16-21(2)17-23(26)4/h5-6,8-9,11-14,16-17H,7,10,15,18-19H2,1-4H3,(H,31,34). The van der Waals surface area contributed by atoms with Gasteiger partial charge in [-0.25, -0.2) is 4.79 Å². The molecule has 0 spiro atoms. The van der Waals surface area contributed by atoms with Gasteiger partial charge in [-0.2, -0.15) is 0 Å². The van der Waals surface area contributed by atoms with E-state index >= 15 is 0 Å². The van der Waals surface area contributed by atoms with Crippen molar-refractivity contribution in [1.29, 1.82) is 0 Å². The second-order valence-corrected chi connectivity index (χ2v) is 9.59. The van der Waals surface area contributed by atoms with Gasteiger partial charge in [-0.05, 0) is 68.5 Å². The largest absolute Gasteiger partial charge is 0.352 e. The lowest BCUT2D eigenvalue weighted by molar-refractivity contribution is -0.121. The van der Waals surface area contributed by atoms with E-state index < -0.39 is 0 Å². The normalized spacial score (nSPS) is 11.1. The summed E-state index contributed by atoms with van der Waals surface area (Å²) in [6.07, 6.45) is 0.635. The summed E-state index contributed by atoms with van der Waals surface area (Å²) in [7, 11) is 0. The molecule has 1 heterocycles. The van der Waals surface area contributed by atoms with Crippen LogP contribution in [0.15, 0.2) is 70.3 Å². The van der Waals surface area contributed by atoms with Gasteiger partial charge in [0.15, 0.2) is 0 Å². The molecule has 0 aliphatic rings. The van der Waals surface area contributed by atoms with E-state index in [1.54, 1.807) is 10.6 Å². The van der Waals surface area contributed by atoms with Gasteiger partial charge in [0.05, 0.1) is 17.4 Å². The van der Waals surface area contributed by atoms with Gasteiger partial charge in [0, 0.05) is 19.5 Å². The number of amides is 1. The van der Waals surface area contributed by atoms with E-state index in [-0.39, 0.29) is 30.1 Å². The summed E-state index contributed by atoms with van der Waals surface area (Å²) in [6, 6.07) is 19.5. The minimum Gasteiger partial charge on any atom is -0.352 e. The topological polar surface area (TPSA) is 73.1 Å². The molecule has 1 N–H and O–H groups in total. The molecule has 3 aromatic carbocycles. The van der Waals surface area contributed by atoms with Crippen LogP contribution in [0, 0.1) is 27.7 Å². The predicted molar refractivity (Wildman–Crippen MR) is 144 cm³/mol. The van der Waals surface area contributed by atoms with Crippen LogP contribution in [0.3, 0.4) is 0 Å². The molecule has 186 valence electrons. The summed E-state index contributed by atoms with van der Waals surface area (Å²) >= 11 is 0. The zero-order valence-corrected chi connectivity index (χ0v) is 21.4. The molecule has 6 heteroatoms. The van der Waals surface area contributed by atoms with E-state index in [9.17, 15) is 14.4 Å². The Morgan fingerprint density at radius 3 is 2.19 bits per heavy atom. The average molecular weight is 484 g/mol. The number of nitrogens with one attached hydrogen (secondary N) is 1. The number of carbonyl (C=O) groups excluding carboxylic acids is 1. The molecule has 4 rings (SSSR count). The first-order valence-electron chi connectivity index (χ1n) is 12.4. The molecule has 0 saturated carbocycles. The summed E-state index contributed by atoms with van der Waals surface area (Å²) in [5, 5.41) is 3.42. The first-order valence-corrected chi connectivity index (χ1v) is 12.4. The van der Waals surface area contributed by atoms with Gasteiger partial charge in [-0.15, -0.1) is 0 Å². The number of aromatic nitrogens is 2. The number of benzene rings is 3. The van der Waals surface area contributed by atoms with Crippen LogP contribution < -0.4 is 16.6 Å². The van der Waals surface area contributed by atoms with Gasteiger partial charge < -0.3 is 5.32 Å². The highest BCUT2D eigenvalue weighted by Crippen LogP contribution is 2.19. The summed E-state index contributed by atoms with van der Waals surface area (Å²) in [5.74, 6) is -0.101.